The predicted octanol–water partition coefficient (Wildman–Crippen LogP) is 3.80. The van der Waals surface area contributed by atoms with E-state index in [1.807, 2.05) is 0 Å². The Hall–Kier alpha value is -1.96. The van der Waals surface area contributed by atoms with Gasteiger partial charge >= 0.3 is 0 Å². The normalized spacial score (nSPS) is 12.3. The highest BCUT2D eigenvalue weighted by Gasteiger charge is 2.29. The van der Waals surface area contributed by atoms with Gasteiger partial charge in [-0.15, -0.1) is 0 Å². The first-order valence-corrected chi connectivity index (χ1v) is 10.1. The van der Waals surface area contributed by atoms with Crippen LogP contribution in [0.5, 0.6) is 5.75 Å². The fourth-order valence-electron chi connectivity index (χ4n) is 2.35. The van der Waals surface area contributed by atoms with Crippen molar-refractivity contribution in [2.24, 2.45) is 0 Å². The molecule has 0 spiro atoms. The SMILES string of the molecule is COc1ccc(NC(=O)C(C)N(c2ccc(Cl)c(Cl)c2)S(C)(=O)=O)cc1. The molecule has 140 valence electrons. The van der Waals surface area contributed by atoms with Gasteiger partial charge in [0, 0.05) is 5.69 Å². The standard InChI is InChI=1S/C17H18Cl2N2O4S/c1-11(17(22)20-12-4-7-14(25-2)8-5-12)21(26(3,23)24)13-6-9-15(18)16(19)10-13/h4-11H,1-3H3,(H,20,22). The maximum Gasteiger partial charge on any atom is 0.247 e. The average molecular weight is 417 g/mol. The van der Waals surface area contributed by atoms with E-state index in [0.717, 1.165) is 10.6 Å². The van der Waals surface area contributed by atoms with Gasteiger partial charge in [0.25, 0.3) is 0 Å². The van der Waals surface area contributed by atoms with Crippen LogP contribution in [0.1, 0.15) is 6.92 Å². The Morgan fingerprint density at radius 2 is 1.73 bits per heavy atom. The lowest BCUT2D eigenvalue weighted by molar-refractivity contribution is -0.116. The maximum absolute atomic E-state index is 12.6. The van der Waals surface area contributed by atoms with Crippen molar-refractivity contribution in [1.82, 2.24) is 0 Å². The fraction of sp³-hybridized carbons (Fsp3) is 0.235. The number of carbonyl (C=O) groups is 1. The van der Waals surface area contributed by atoms with Gasteiger partial charge in [0.1, 0.15) is 11.8 Å². The molecule has 6 nitrogen and oxygen atoms in total. The zero-order valence-corrected chi connectivity index (χ0v) is 16.7. The summed E-state index contributed by atoms with van der Waals surface area (Å²) < 4.78 is 30.6. The molecule has 0 aliphatic rings. The number of carbonyl (C=O) groups excluding carboxylic acids is 1. The molecule has 1 amide bonds. The second-order valence-electron chi connectivity index (χ2n) is 5.55. The fourth-order valence-corrected chi connectivity index (χ4v) is 3.81. The van der Waals surface area contributed by atoms with Gasteiger partial charge in [-0.05, 0) is 49.4 Å². The number of anilines is 2. The number of ether oxygens (including phenoxy) is 1. The zero-order chi connectivity index (χ0) is 19.5. The van der Waals surface area contributed by atoms with E-state index < -0.39 is 22.0 Å². The van der Waals surface area contributed by atoms with Gasteiger partial charge in [-0.25, -0.2) is 8.42 Å². The van der Waals surface area contributed by atoms with Gasteiger partial charge in [-0.1, -0.05) is 23.2 Å². The van der Waals surface area contributed by atoms with Gasteiger partial charge in [0.15, 0.2) is 0 Å². The van der Waals surface area contributed by atoms with Crippen LogP contribution in [0.4, 0.5) is 11.4 Å². The first kappa shape index (κ1) is 20.4. The summed E-state index contributed by atoms with van der Waals surface area (Å²) in [4.78, 5) is 12.6. The molecule has 0 aliphatic carbocycles. The molecule has 0 heterocycles. The number of hydrogen-bond acceptors (Lipinski definition) is 4. The van der Waals surface area contributed by atoms with Crippen LogP contribution < -0.4 is 14.4 Å². The number of hydrogen-bond donors (Lipinski definition) is 1. The summed E-state index contributed by atoms with van der Waals surface area (Å²) in [5.74, 6) is 0.149. The van der Waals surface area contributed by atoms with Crippen LogP contribution in [-0.2, 0) is 14.8 Å². The van der Waals surface area contributed by atoms with Crippen molar-refractivity contribution >= 4 is 50.5 Å². The van der Waals surface area contributed by atoms with Crippen LogP contribution in [0.15, 0.2) is 42.5 Å². The molecule has 2 aromatic carbocycles. The molecule has 26 heavy (non-hydrogen) atoms. The molecular formula is C17H18Cl2N2O4S. The molecule has 1 atom stereocenters. The Kier molecular flexibility index (Phi) is 6.39. The zero-order valence-electron chi connectivity index (χ0n) is 14.4. The lowest BCUT2D eigenvalue weighted by Crippen LogP contribution is -2.45. The summed E-state index contributed by atoms with van der Waals surface area (Å²) in [6.07, 6.45) is 1.02. The molecule has 0 bridgehead atoms. The van der Waals surface area contributed by atoms with Crippen LogP contribution >= 0.6 is 23.2 Å². The van der Waals surface area contributed by atoms with E-state index in [1.54, 1.807) is 24.3 Å². The maximum atomic E-state index is 12.6. The van der Waals surface area contributed by atoms with Gasteiger partial charge in [0.05, 0.1) is 29.1 Å². The Labute approximate surface area is 162 Å². The highest BCUT2D eigenvalue weighted by molar-refractivity contribution is 7.92. The Morgan fingerprint density at radius 3 is 2.23 bits per heavy atom. The smallest absolute Gasteiger partial charge is 0.247 e. The summed E-state index contributed by atoms with van der Waals surface area (Å²) >= 11 is 11.9. The Morgan fingerprint density at radius 1 is 1.12 bits per heavy atom. The van der Waals surface area contributed by atoms with E-state index >= 15 is 0 Å². The van der Waals surface area contributed by atoms with Crippen LogP contribution in [0.3, 0.4) is 0 Å². The highest BCUT2D eigenvalue weighted by atomic mass is 35.5. The summed E-state index contributed by atoms with van der Waals surface area (Å²) in [6, 6.07) is 10.1. The summed E-state index contributed by atoms with van der Waals surface area (Å²) in [5, 5.41) is 3.17. The van der Waals surface area contributed by atoms with Crippen molar-refractivity contribution in [3.05, 3.63) is 52.5 Å². The first-order valence-electron chi connectivity index (χ1n) is 7.53. The Balaban J connectivity index is 2.29. The van der Waals surface area contributed by atoms with E-state index in [9.17, 15) is 13.2 Å². The van der Waals surface area contributed by atoms with Crippen molar-refractivity contribution in [3.8, 4) is 5.75 Å². The topological polar surface area (TPSA) is 75.7 Å². The molecule has 2 rings (SSSR count). The van der Waals surface area contributed by atoms with Crippen LogP contribution in [0.2, 0.25) is 10.0 Å². The van der Waals surface area contributed by atoms with Gasteiger partial charge < -0.3 is 10.1 Å². The van der Waals surface area contributed by atoms with Crippen molar-refractivity contribution in [1.29, 1.82) is 0 Å². The molecular weight excluding hydrogens is 399 g/mol. The van der Waals surface area contributed by atoms with E-state index in [2.05, 4.69) is 5.32 Å². The lowest BCUT2D eigenvalue weighted by Gasteiger charge is -2.28. The molecule has 1 N–H and O–H groups in total. The van der Waals surface area contributed by atoms with E-state index in [0.29, 0.717) is 16.5 Å². The molecule has 0 aliphatic heterocycles. The molecule has 0 radical (unpaired) electrons. The van der Waals surface area contributed by atoms with Crippen molar-refractivity contribution in [2.75, 3.05) is 23.0 Å². The predicted molar refractivity (Wildman–Crippen MR) is 105 cm³/mol. The molecule has 2 aromatic rings. The number of amides is 1. The third-order valence-corrected chi connectivity index (χ3v) is 5.58. The number of rotatable bonds is 6. The van der Waals surface area contributed by atoms with Crippen molar-refractivity contribution in [2.45, 2.75) is 13.0 Å². The largest absolute Gasteiger partial charge is 0.497 e. The number of benzene rings is 2. The molecule has 0 saturated carbocycles. The minimum absolute atomic E-state index is 0.195. The minimum atomic E-state index is -3.74. The van der Waals surface area contributed by atoms with Crippen molar-refractivity contribution in [3.63, 3.8) is 0 Å². The van der Waals surface area contributed by atoms with E-state index in [-0.39, 0.29) is 10.7 Å². The Bertz CT molecular complexity index is 901. The highest BCUT2D eigenvalue weighted by Crippen LogP contribution is 2.30. The number of halogens is 2. The van der Waals surface area contributed by atoms with Crippen molar-refractivity contribution < 1.29 is 17.9 Å². The van der Waals surface area contributed by atoms with Crippen LogP contribution in [0.25, 0.3) is 0 Å². The summed E-state index contributed by atoms with van der Waals surface area (Å²) in [5.41, 5.74) is 0.768. The number of methoxy groups -OCH3 is 1. The summed E-state index contributed by atoms with van der Waals surface area (Å²) in [7, 11) is -2.21. The molecule has 0 aromatic heterocycles. The van der Waals surface area contributed by atoms with Gasteiger partial charge in [-0.3, -0.25) is 9.10 Å². The van der Waals surface area contributed by atoms with Crippen LogP contribution in [0, 0.1) is 0 Å². The quantitative estimate of drug-likeness (QED) is 0.776. The van der Waals surface area contributed by atoms with Gasteiger partial charge in [0.2, 0.25) is 15.9 Å². The molecule has 9 heteroatoms. The van der Waals surface area contributed by atoms with E-state index in [1.165, 1.54) is 32.2 Å². The molecule has 0 saturated heterocycles. The van der Waals surface area contributed by atoms with E-state index in [4.69, 9.17) is 27.9 Å². The second-order valence-corrected chi connectivity index (χ2v) is 8.22. The molecule has 1 unspecified atom stereocenters. The first-order chi connectivity index (χ1) is 12.1. The third-order valence-electron chi connectivity index (χ3n) is 3.60. The van der Waals surface area contributed by atoms with Gasteiger partial charge in [-0.2, -0.15) is 0 Å². The number of sulfonamides is 1. The summed E-state index contributed by atoms with van der Waals surface area (Å²) in [6.45, 7) is 1.49. The average Bonchev–Trinajstić information content (AvgIpc) is 2.57. The number of nitrogens with zero attached hydrogens (tertiary/aromatic N) is 1. The van der Waals surface area contributed by atoms with Crippen LogP contribution in [-0.4, -0.2) is 33.7 Å². The minimum Gasteiger partial charge on any atom is -0.497 e. The molecule has 0 fully saturated rings. The number of nitrogens with one attached hydrogen (secondary N) is 1. The second kappa shape index (κ2) is 8.16. The lowest BCUT2D eigenvalue weighted by atomic mass is 10.2. The third kappa shape index (κ3) is 4.81. The monoisotopic (exact) mass is 416 g/mol.